The van der Waals surface area contributed by atoms with Gasteiger partial charge in [0.05, 0.1) is 12.7 Å². The van der Waals surface area contributed by atoms with Crippen LogP contribution < -0.4 is 5.32 Å². The second-order valence-corrected chi connectivity index (χ2v) is 7.34. The predicted octanol–water partition coefficient (Wildman–Crippen LogP) is 2.14. The zero-order valence-electron chi connectivity index (χ0n) is 13.1. The van der Waals surface area contributed by atoms with Crippen molar-refractivity contribution < 1.29 is 4.74 Å². The molecule has 1 heterocycles. The molecule has 1 N–H and O–H groups in total. The molecule has 3 rings (SSSR count). The predicted molar refractivity (Wildman–Crippen MR) is 82.7 cm³/mol. The third kappa shape index (κ3) is 3.63. The molecular weight excluding hydrogens is 248 g/mol. The van der Waals surface area contributed by atoms with Crippen molar-refractivity contribution in [3.8, 4) is 0 Å². The molecule has 0 aromatic heterocycles. The first-order valence-corrected chi connectivity index (χ1v) is 8.43. The molecule has 3 heteroatoms. The van der Waals surface area contributed by atoms with Gasteiger partial charge in [0.15, 0.2) is 0 Å². The van der Waals surface area contributed by atoms with Crippen molar-refractivity contribution >= 4 is 0 Å². The molecule has 114 valence electrons. The molecule has 0 aromatic rings. The molecule has 1 saturated heterocycles. The molecule has 4 unspecified atom stereocenters. The largest absolute Gasteiger partial charge is 0.374 e. The van der Waals surface area contributed by atoms with Crippen LogP contribution in [-0.4, -0.2) is 50.3 Å². The minimum Gasteiger partial charge on any atom is -0.374 e. The molecule has 1 aliphatic heterocycles. The Balaban J connectivity index is 1.35. The standard InChI is InChI=1S/C17H30N2O/c1-13(2)11-19-5-6-20-17(12-19)10-18-9-16-8-14-3-4-15(16)7-14/h3-4,13-18H,5-12H2,1-2H3. The number of rotatable bonds is 6. The van der Waals surface area contributed by atoms with Crippen LogP contribution in [0.2, 0.25) is 0 Å². The van der Waals surface area contributed by atoms with Crippen LogP contribution in [0.5, 0.6) is 0 Å². The van der Waals surface area contributed by atoms with Gasteiger partial charge >= 0.3 is 0 Å². The first-order valence-electron chi connectivity index (χ1n) is 8.43. The average molecular weight is 278 g/mol. The summed E-state index contributed by atoms with van der Waals surface area (Å²) in [4.78, 5) is 2.56. The van der Waals surface area contributed by atoms with E-state index in [2.05, 4.69) is 36.2 Å². The maximum atomic E-state index is 5.90. The third-order valence-corrected chi connectivity index (χ3v) is 5.04. The lowest BCUT2D eigenvalue weighted by Crippen LogP contribution is -2.48. The Morgan fingerprint density at radius 1 is 1.25 bits per heavy atom. The highest BCUT2D eigenvalue weighted by Crippen LogP contribution is 2.42. The number of morpholine rings is 1. The van der Waals surface area contributed by atoms with E-state index in [1.54, 1.807) is 0 Å². The van der Waals surface area contributed by atoms with Gasteiger partial charge in [-0.1, -0.05) is 26.0 Å². The van der Waals surface area contributed by atoms with E-state index in [0.717, 1.165) is 49.9 Å². The fourth-order valence-electron chi connectivity index (χ4n) is 4.15. The highest BCUT2D eigenvalue weighted by Gasteiger charge is 2.35. The lowest BCUT2D eigenvalue weighted by atomic mass is 9.93. The van der Waals surface area contributed by atoms with Gasteiger partial charge in [0.1, 0.15) is 0 Å². The normalized spacial score (nSPS) is 37.1. The maximum Gasteiger partial charge on any atom is 0.0826 e. The van der Waals surface area contributed by atoms with E-state index in [1.165, 1.54) is 25.9 Å². The van der Waals surface area contributed by atoms with Gasteiger partial charge in [0, 0.05) is 26.2 Å². The van der Waals surface area contributed by atoms with Gasteiger partial charge in [-0.3, -0.25) is 4.90 Å². The molecule has 0 amide bonds. The van der Waals surface area contributed by atoms with Crippen LogP contribution in [-0.2, 0) is 4.74 Å². The molecule has 20 heavy (non-hydrogen) atoms. The summed E-state index contributed by atoms with van der Waals surface area (Å²) >= 11 is 0. The monoisotopic (exact) mass is 278 g/mol. The summed E-state index contributed by atoms with van der Waals surface area (Å²) in [6.45, 7) is 11.1. The number of hydrogen-bond donors (Lipinski definition) is 1. The van der Waals surface area contributed by atoms with Gasteiger partial charge in [0.25, 0.3) is 0 Å². The molecular formula is C17H30N2O. The van der Waals surface area contributed by atoms with Gasteiger partial charge in [-0.15, -0.1) is 0 Å². The number of fused-ring (bicyclic) bond motifs is 2. The fraction of sp³-hybridized carbons (Fsp3) is 0.882. The van der Waals surface area contributed by atoms with Gasteiger partial charge in [-0.05, 0) is 43.1 Å². The lowest BCUT2D eigenvalue weighted by Gasteiger charge is -2.34. The van der Waals surface area contributed by atoms with Crippen molar-refractivity contribution in [2.45, 2.75) is 32.8 Å². The van der Waals surface area contributed by atoms with E-state index in [1.807, 2.05) is 0 Å². The first-order chi connectivity index (χ1) is 9.70. The summed E-state index contributed by atoms with van der Waals surface area (Å²) in [6, 6.07) is 0. The Labute approximate surface area is 123 Å². The summed E-state index contributed by atoms with van der Waals surface area (Å²) in [6.07, 6.45) is 8.07. The highest BCUT2D eigenvalue weighted by atomic mass is 16.5. The number of nitrogens with one attached hydrogen (secondary N) is 1. The maximum absolute atomic E-state index is 5.90. The number of nitrogens with zero attached hydrogens (tertiary/aromatic N) is 1. The average Bonchev–Trinajstić information content (AvgIpc) is 3.01. The quantitative estimate of drug-likeness (QED) is 0.754. The van der Waals surface area contributed by atoms with Gasteiger partial charge in [-0.2, -0.15) is 0 Å². The first kappa shape index (κ1) is 14.6. The Morgan fingerprint density at radius 3 is 2.85 bits per heavy atom. The van der Waals surface area contributed by atoms with Crippen LogP contribution in [0, 0.1) is 23.7 Å². The molecule has 3 nitrogen and oxygen atoms in total. The van der Waals surface area contributed by atoms with Crippen LogP contribution in [0.25, 0.3) is 0 Å². The summed E-state index contributed by atoms with van der Waals surface area (Å²) in [5, 5.41) is 3.67. The van der Waals surface area contributed by atoms with Crippen molar-refractivity contribution in [1.82, 2.24) is 10.2 Å². The van der Waals surface area contributed by atoms with Crippen LogP contribution in [0.15, 0.2) is 12.2 Å². The second kappa shape index (κ2) is 6.59. The molecule has 0 spiro atoms. The van der Waals surface area contributed by atoms with Crippen molar-refractivity contribution in [1.29, 1.82) is 0 Å². The lowest BCUT2D eigenvalue weighted by molar-refractivity contribution is -0.0305. The minimum absolute atomic E-state index is 0.386. The van der Waals surface area contributed by atoms with Crippen LogP contribution in [0.3, 0.4) is 0 Å². The Bertz CT molecular complexity index is 342. The van der Waals surface area contributed by atoms with Crippen molar-refractivity contribution in [2.24, 2.45) is 23.7 Å². The van der Waals surface area contributed by atoms with Crippen LogP contribution in [0.4, 0.5) is 0 Å². The van der Waals surface area contributed by atoms with Crippen molar-refractivity contribution in [3.63, 3.8) is 0 Å². The SMILES string of the molecule is CC(C)CN1CCOC(CNCC2CC3C=CC2C3)C1. The Hall–Kier alpha value is -0.380. The van der Waals surface area contributed by atoms with E-state index in [4.69, 9.17) is 4.74 Å². The van der Waals surface area contributed by atoms with E-state index < -0.39 is 0 Å². The molecule has 2 fully saturated rings. The Kier molecular flexibility index (Phi) is 4.79. The molecule has 0 radical (unpaired) electrons. The van der Waals surface area contributed by atoms with Crippen LogP contribution in [0.1, 0.15) is 26.7 Å². The molecule has 2 aliphatic carbocycles. The molecule has 0 aromatic carbocycles. The van der Waals surface area contributed by atoms with E-state index >= 15 is 0 Å². The summed E-state index contributed by atoms with van der Waals surface area (Å²) in [5.74, 6) is 3.37. The zero-order chi connectivity index (χ0) is 13.9. The highest BCUT2D eigenvalue weighted by molar-refractivity contribution is 5.10. The number of ether oxygens (including phenoxy) is 1. The van der Waals surface area contributed by atoms with Gasteiger partial charge in [-0.25, -0.2) is 0 Å². The van der Waals surface area contributed by atoms with Gasteiger partial charge in [0.2, 0.25) is 0 Å². The smallest absolute Gasteiger partial charge is 0.0826 e. The third-order valence-electron chi connectivity index (χ3n) is 5.04. The summed E-state index contributed by atoms with van der Waals surface area (Å²) in [5.41, 5.74) is 0. The second-order valence-electron chi connectivity index (χ2n) is 7.34. The van der Waals surface area contributed by atoms with Crippen LogP contribution >= 0.6 is 0 Å². The minimum atomic E-state index is 0.386. The van der Waals surface area contributed by atoms with Crippen molar-refractivity contribution in [2.75, 3.05) is 39.3 Å². The zero-order valence-corrected chi connectivity index (χ0v) is 13.1. The summed E-state index contributed by atoms with van der Waals surface area (Å²) in [7, 11) is 0. The van der Waals surface area contributed by atoms with E-state index in [-0.39, 0.29) is 0 Å². The molecule has 2 bridgehead atoms. The topological polar surface area (TPSA) is 24.5 Å². The molecule has 4 atom stereocenters. The number of hydrogen-bond acceptors (Lipinski definition) is 3. The van der Waals surface area contributed by atoms with Crippen molar-refractivity contribution in [3.05, 3.63) is 12.2 Å². The van der Waals surface area contributed by atoms with E-state index in [0.29, 0.717) is 6.10 Å². The molecule has 3 aliphatic rings. The molecule has 1 saturated carbocycles. The fourth-order valence-corrected chi connectivity index (χ4v) is 4.15. The van der Waals surface area contributed by atoms with Gasteiger partial charge < -0.3 is 10.1 Å². The number of allylic oxidation sites excluding steroid dienone is 2. The summed E-state index contributed by atoms with van der Waals surface area (Å²) < 4.78 is 5.90. The van der Waals surface area contributed by atoms with E-state index in [9.17, 15) is 0 Å². The Morgan fingerprint density at radius 2 is 2.15 bits per heavy atom.